The van der Waals surface area contributed by atoms with Gasteiger partial charge in [-0.2, -0.15) is 0 Å². The first-order valence-electron chi connectivity index (χ1n) is 8.04. The van der Waals surface area contributed by atoms with Crippen molar-refractivity contribution in [3.05, 3.63) is 58.1 Å². The van der Waals surface area contributed by atoms with Gasteiger partial charge >= 0.3 is 5.97 Å². The van der Waals surface area contributed by atoms with Crippen molar-refractivity contribution in [1.29, 1.82) is 0 Å². The Morgan fingerprint density at radius 1 is 1.20 bits per heavy atom. The van der Waals surface area contributed by atoms with E-state index in [0.717, 1.165) is 16.6 Å². The average Bonchev–Trinajstić information content (AvgIpc) is 2.60. The van der Waals surface area contributed by atoms with Crippen molar-refractivity contribution >= 4 is 33.5 Å². The van der Waals surface area contributed by atoms with Crippen molar-refractivity contribution in [2.24, 2.45) is 0 Å². The van der Waals surface area contributed by atoms with Gasteiger partial charge in [-0.1, -0.05) is 25.1 Å². The van der Waals surface area contributed by atoms with Crippen LogP contribution in [0.4, 0.5) is 5.69 Å². The zero-order valence-electron chi connectivity index (χ0n) is 13.9. The molecule has 6 heteroatoms. The Labute approximate surface area is 155 Å². The van der Waals surface area contributed by atoms with E-state index in [-0.39, 0.29) is 17.9 Å². The number of anilines is 1. The van der Waals surface area contributed by atoms with Gasteiger partial charge in [-0.3, -0.25) is 4.79 Å². The van der Waals surface area contributed by atoms with E-state index in [1.807, 2.05) is 18.2 Å². The number of aryl methyl sites for hydroxylation is 1. The number of halogens is 1. The monoisotopic (exact) mass is 405 g/mol. The molecule has 25 heavy (non-hydrogen) atoms. The van der Waals surface area contributed by atoms with Crippen molar-refractivity contribution in [2.75, 3.05) is 11.9 Å². The molecule has 132 valence electrons. The zero-order valence-corrected chi connectivity index (χ0v) is 15.5. The van der Waals surface area contributed by atoms with Crippen molar-refractivity contribution in [1.82, 2.24) is 0 Å². The molecule has 0 aliphatic rings. The molecule has 2 aromatic carbocycles. The third-order valence-corrected chi connectivity index (χ3v) is 4.26. The van der Waals surface area contributed by atoms with E-state index >= 15 is 0 Å². The summed E-state index contributed by atoms with van der Waals surface area (Å²) in [4.78, 5) is 23.1. The molecule has 0 aliphatic heterocycles. The first-order valence-corrected chi connectivity index (χ1v) is 8.84. The zero-order chi connectivity index (χ0) is 18.2. The molecule has 5 nitrogen and oxygen atoms in total. The number of carbonyl (C=O) groups is 2. The van der Waals surface area contributed by atoms with Crippen LogP contribution in [-0.4, -0.2) is 23.6 Å². The third-order valence-electron chi connectivity index (χ3n) is 3.64. The molecule has 0 saturated carbocycles. The van der Waals surface area contributed by atoms with E-state index in [1.54, 1.807) is 18.2 Å². The van der Waals surface area contributed by atoms with E-state index in [9.17, 15) is 9.59 Å². The second kappa shape index (κ2) is 9.22. The van der Waals surface area contributed by atoms with E-state index in [1.165, 1.54) is 11.6 Å². The number of carboxylic acids is 1. The van der Waals surface area contributed by atoms with Crippen LogP contribution in [0.5, 0.6) is 5.75 Å². The van der Waals surface area contributed by atoms with Crippen molar-refractivity contribution in [2.45, 2.75) is 26.2 Å². The number of hydrogen-bond donors (Lipinski definition) is 2. The highest BCUT2D eigenvalue weighted by Gasteiger charge is 2.11. The van der Waals surface area contributed by atoms with Crippen LogP contribution in [0.2, 0.25) is 0 Å². The summed E-state index contributed by atoms with van der Waals surface area (Å²) in [6, 6.07) is 12.3. The molecule has 2 aromatic rings. The van der Waals surface area contributed by atoms with E-state index in [0.29, 0.717) is 18.7 Å². The quantitative estimate of drug-likeness (QED) is 0.633. The standard InChI is InChI=1S/C19H20BrNO4/c1-2-13-9-10-17(15(20)12-13)25-11-5-8-18(22)21-16-7-4-3-6-14(16)19(23)24/h3-4,6-7,9-10,12H,2,5,8,11H2,1H3,(H,21,22)(H,23,24). The molecular formula is C19H20BrNO4. The lowest BCUT2D eigenvalue weighted by molar-refractivity contribution is -0.116. The van der Waals surface area contributed by atoms with Gasteiger partial charge in [-0.25, -0.2) is 4.79 Å². The average molecular weight is 406 g/mol. The normalized spacial score (nSPS) is 10.3. The lowest BCUT2D eigenvalue weighted by Crippen LogP contribution is -2.15. The summed E-state index contributed by atoms with van der Waals surface area (Å²) in [6.45, 7) is 2.49. The second-order valence-electron chi connectivity index (χ2n) is 5.47. The summed E-state index contributed by atoms with van der Waals surface area (Å²) < 4.78 is 6.57. The van der Waals surface area contributed by atoms with Crippen molar-refractivity contribution in [3.63, 3.8) is 0 Å². The van der Waals surface area contributed by atoms with Crippen LogP contribution >= 0.6 is 15.9 Å². The lowest BCUT2D eigenvalue weighted by atomic mass is 10.1. The summed E-state index contributed by atoms with van der Waals surface area (Å²) in [7, 11) is 0. The molecule has 2 N–H and O–H groups in total. The first-order chi connectivity index (χ1) is 12.0. The number of para-hydroxylation sites is 1. The maximum absolute atomic E-state index is 12.0. The lowest BCUT2D eigenvalue weighted by Gasteiger charge is -2.10. The van der Waals surface area contributed by atoms with Crippen molar-refractivity contribution in [3.8, 4) is 5.75 Å². The minimum Gasteiger partial charge on any atom is -0.492 e. The Bertz CT molecular complexity index is 761. The summed E-state index contributed by atoms with van der Waals surface area (Å²) >= 11 is 3.47. The number of rotatable bonds is 8. The molecule has 0 fully saturated rings. The van der Waals surface area contributed by atoms with Gasteiger partial charge in [0, 0.05) is 6.42 Å². The number of aromatic carboxylic acids is 1. The fraction of sp³-hybridized carbons (Fsp3) is 0.263. The number of carboxylic acid groups (broad SMARTS) is 1. The minimum atomic E-state index is -1.07. The second-order valence-corrected chi connectivity index (χ2v) is 6.32. The van der Waals surface area contributed by atoms with E-state index < -0.39 is 5.97 Å². The van der Waals surface area contributed by atoms with Crippen LogP contribution in [-0.2, 0) is 11.2 Å². The topological polar surface area (TPSA) is 75.6 Å². The first kappa shape index (κ1) is 19.0. The molecule has 2 rings (SSSR count). The van der Waals surface area contributed by atoms with Gasteiger partial charge in [0.15, 0.2) is 0 Å². The highest BCUT2D eigenvalue weighted by Crippen LogP contribution is 2.26. The fourth-order valence-corrected chi connectivity index (χ4v) is 2.83. The SMILES string of the molecule is CCc1ccc(OCCCC(=O)Nc2ccccc2C(=O)O)c(Br)c1. The van der Waals surface area contributed by atoms with Crippen LogP contribution in [0, 0.1) is 0 Å². The van der Waals surface area contributed by atoms with Crippen LogP contribution in [0.3, 0.4) is 0 Å². The van der Waals surface area contributed by atoms with Crippen LogP contribution in [0.15, 0.2) is 46.9 Å². The number of amides is 1. The predicted octanol–water partition coefficient (Wildman–Crippen LogP) is 4.51. The molecule has 0 bridgehead atoms. The maximum atomic E-state index is 12.0. The van der Waals surface area contributed by atoms with Crippen LogP contribution in [0.25, 0.3) is 0 Å². The molecule has 0 saturated heterocycles. The molecule has 0 radical (unpaired) electrons. The number of hydrogen-bond acceptors (Lipinski definition) is 3. The summed E-state index contributed by atoms with van der Waals surface area (Å²) in [5, 5.41) is 11.7. The molecule has 0 atom stereocenters. The van der Waals surface area contributed by atoms with Crippen LogP contribution < -0.4 is 10.1 Å². The van der Waals surface area contributed by atoms with Gasteiger partial charge < -0.3 is 15.2 Å². The Morgan fingerprint density at radius 2 is 1.96 bits per heavy atom. The molecule has 0 aromatic heterocycles. The largest absolute Gasteiger partial charge is 0.492 e. The Kier molecular flexibility index (Phi) is 7.01. The van der Waals surface area contributed by atoms with E-state index in [4.69, 9.17) is 9.84 Å². The van der Waals surface area contributed by atoms with Gasteiger partial charge in [0.25, 0.3) is 0 Å². The highest BCUT2D eigenvalue weighted by molar-refractivity contribution is 9.10. The highest BCUT2D eigenvalue weighted by atomic mass is 79.9. The Hall–Kier alpha value is -2.34. The van der Waals surface area contributed by atoms with Crippen LogP contribution in [0.1, 0.15) is 35.7 Å². The molecule has 0 heterocycles. The molecule has 0 spiro atoms. The van der Waals surface area contributed by atoms with Crippen molar-refractivity contribution < 1.29 is 19.4 Å². The molecule has 0 aliphatic carbocycles. The number of benzene rings is 2. The summed E-state index contributed by atoms with van der Waals surface area (Å²) in [5.41, 5.74) is 1.60. The van der Waals surface area contributed by atoms with Gasteiger partial charge in [-0.15, -0.1) is 0 Å². The summed E-state index contributed by atoms with van der Waals surface area (Å²) in [6.07, 6.45) is 1.73. The number of carbonyl (C=O) groups excluding carboxylic acids is 1. The van der Waals surface area contributed by atoms with E-state index in [2.05, 4.69) is 28.2 Å². The van der Waals surface area contributed by atoms with Gasteiger partial charge in [0.2, 0.25) is 5.91 Å². The number of nitrogens with one attached hydrogen (secondary N) is 1. The smallest absolute Gasteiger partial charge is 0.337 e. The Morgan fingerprint density at radius 3 is 2.64 bits per heavy atom. The van der Waals surface area contributed by atoms with Gasteiger partial charge in [-0.05, 0) is 58.6 Å². The molecular weight excluding hydrogens is 386 g/mol. The maximum Gasteiger partial charge on any atom is 0.337 e. The summed E-state index contributed by atoms with van der Waals surface area (Å²) in [5.74, 6) is -0.564. The molecule has 0 unspecified atom stereocenters. The van der Waals surface area contributed by atoms with Gasteiger partial charge in [0.05, 0.1) is 22.3 Å². The predicted molar refractivity (Wildman–Crippen MR) is 100 cm³/mol. The fourth-order valence-electron chi connectivity index (χ4n) is 2.29. The third kappa shape index (κ3) is 5.60. The van der Waals surface area contributed by atoms with Gasteiger partial charge in [0.1, 0.15) is 5.75 Å². The number of ether oxygens (including phenoxy) is 1. The minimum absolute atomic E-state index is 0.0760. The molecule has 1 amide bonds. The Balaban J connectivity index is 1.80.